The highest BCUT2D eigenvalue weighted by atomic mass is 19.1. The van der Waals surface area contributed by atoms with E-state index in [-0.39, 0.29) is 30.5 Å². The van der Waals surface area contributed by atoms with Crippen LogP contribution in [0, 0.1) is 5.82 Å². The Balaban J connectivity index is 1.96. The average Bonchev–Trinajstić information content (AvgIpc) is 2.54. The van der Waals surface area contributed by atoms with Crippen LogP contribution in [0.5, 0.6) is 0 Å². The van der Waals surface area contributed by atoms with E-state index in [0.29, 0.717) is 12.2 Å². The van der Waals surface area contributed by atoms with Gasteiger partial charge in [-0.25, -0.2) is 9.18 Å². The largest absolute Gasteiger partial charge is 0.394 e. The van der Waals surface area contributed by atoms with Crippen molar-refractivity contribution in [3.63, 3.8) is 0 Å². The van der Waals surface area contributed by atoms with Gasteiger partial charge >= 0.3 is 6.03 Å². The van der Waals surface area contributed by atoms with Crippen molar-refractivity contribution in [3.8, 4) is 0 Å². The van der Waals surface area contributed by atoms with Crippen LogP contribution in [0.25, 0.3) is 0 Å². The molecule has 0 saturated carbocycles. The number of benzene rings is 1. The minimum atomic E-state index is -0.236. The molecule has 2 atom stereocenters. The van der Waals surface area contributed by atoms with E-state index in [2.05, 4.69) is 5.32 Å². The first-order valence-electron chi connectivity index (χ1n) is 7.66. The normalized spacial score (nSPS) is 19.6. The Hall–Kier alpha value is -1.82. The molecule has 2 N–H and O–H groups in total. The van der Waals surface area contributed by atoms with Crippen LogP contribution in [0.2, 0.25) is 0 Å². The number of nitrogens with zero attached hydrogens (tertiary/aromatic N) is 2. The Morgan fingerprint density at radius 2 is 2.27 bits per heavy atom. The van der Waals surface area contributed by atoms with Crippen LogP contribution in [0.4, 0.5) is 14.9 Å². The van der Waals surface area contributed by atoms with Crippen LogP contribution >= 0.6 is 0 Å². The lowest BCUT2D eigenvalue weighted by Crippen LogP contribution is -2.53. The van der Waals surface area contributed by atoms with E-state index in [1.54, 1.807) is 26.1 Å². The van der Waals surface area contributed by atoms with Gasteiger partial charge in [-0.15, -0.1) is 0 Å². The molecule has 1 aliphatic rings. The van der Waals surface area contributed by atoms with Crippen molar-refractivity contribution in [2.75, 3.05) is 31.6 Å². The van der Waals surface area contributed by atoms with Crippen LogP contribution in [-0.2, 0) is 0 Å². The molecular weight excluding hydrogens is 285 g/mol. The molecule has 1 aliphatic heterocycles. The van der Waals surface area contributed by atoms with Gasteiger partial charge in [0.25, 0.3) is 0 Å². The maximum absolute atomic E-state index is 13.9. The highest BCUT2D eigenvalue weighted by molar-refractivity contribution is 5.74. The van der Waals surface area contributed by atoms with Gasteiger partial charge in [0.05, 0.1) is 18.3 Å². The fraction of sp³-hybridized carbons (Fsp3) is 0.562. The summed E-state index contributed by atoms with van der Waals surface area (Å²) in [6.07, 6.45) is 1.77. The van der Waals surface area contributed by atoms with E-state index >= 15 is 0 Å². The van der Waals surface area contributed by atoms with Crippen molar-refractivity contribution < 1.29 is 14.3 Å². The average molecular weight is 309 g/mol. The molecule has 1 heterocycles. The number of aliphatic hydroxyl groups excluding tert-OH is 1. The zero-order valence-electron chi connectivity index (χ0n) is 13.1. The number of carbonyl (C=O) groups is 1. The SMILES string of the molecule is CC(CO)N(C)C(=O)NC1CCCN(c2ccccc2F)C1. The zero-order chi connectivity index (χ0) is 16.1. The molecule has 1 saturated heterocycles. The quantitative estimate of drug-likeness (QED) is 0.892. The first-order valence-corrected chi connectivity index (χ1v) is 7.66. The van der Waals surface area contributed by atoms with Crippen LogP contribution in [0.1, 0.15) is 19.8 Å². The lowest BCUT2D eigenvalue weighted by molar-refractivity contribution is 0.154. The number of hydrogen-bond donors (Lipinski definition) is 2. The molecule has 2 amide bonds. The molecule has 0 aromatic heterocycles. The molecule has 1 aromatic rings. The monoisotopic (exact) mass is 309 g/mol. The van der Waals surface area contributed by atoms with E-state index in [1.807, 2.05) is 11.0 Å². The summed E-state index contributed by atoms with van der Waals surface area (Å²) < 4.78 is 13.9. The van der Waals surface area contributed by atoms with Gasteiger partial charge in [0.2, 0.25) is 0 Å². The second-order valence-electron chi connectivity index (χ2n) is 5.83. The minimum Gasteiger partial charge on any atom is -0.394 e. The first-order chi connectivity index (χ1) is 10.5. The summed E-state index contributed by atoms with van der Waals surface area (Å²) in [4.78, 5) is 15.6. The summed E-state index contributed by atoms with van der Waals surface area (Å²) in [6, 6.07) is 6.25. The van der Waals surface area contributed by atoms with E-state index < -0.39 is 0 Å². The maximum atomic E-state index is 13.9. The van der Waals surface area contributed by atoms with Crippen molar-refractivity contribution in [3.05, 3.63) is 30.1 Å². The van der Waals surface area contributed by atoms with Gasteiger partial charge in [-0.2, -0.15) is 0 Å². The van der Waals surface area contributed by atoms with E-state index in [4.69, 9.17) is 5.11 Å². The Bertz CT molecular complexity index is 512. The molecular formula is C16H24FN3O2. The molecule has 1 fully saturated rings. The van der Waals surface area contributed by atoms with Crippen LogP contribution < -0.4 is 10.2 Å². The molecule has 0 bridgehead atoms. The summed E-state index contributed by atoms with van der Waals surface area (Å²) in [5.41, 5.74) is 0.582. The Kier molecular flexibility index (Phi) is 5.60. The molecule has 22 heavy (non-hydrogen) atoms. The van der Waals surface area contributed by atoms with Crippen molar-refractivity contribution in [2.45, 2.75) is 31.8 Å². The number of likely N-dealkylation sites (N-methyl/N-ethyl adjacent to an activating group) is 1. The molecule has 2 rings (SSSR count). The van der Waals surface area contributed by atoms with Gasteiger partial charge in [0.1, 0.15) is 5.82 Å². The molecule has 0 radical (unpaired) electrons. The maximum Gasteiger partial charge on any atom is 0.317 e. The Morgan fingerprint density at radius 3 is 2.95 bits per heavy atom. The number of urea groups is 1. The Labute approximate surface area is 130 Å². The van der Waals surface area contributed by atoms with Gasteiger partial charge in [0.15, 0.2) is 0 Å². The van der Waals surface area contributed by atoms with E-state index in [9.17, 15) is 9.18 Å². The predicted molar refractivity (Wildman–Crippen MR) is 84.5 cm³/mol. The van der Waals surface area contributed by atoms with Crippen molar-refractivity contribution >= 4 is 11.7 Å². The summed E-state index contributed by atoms with van der Waals surface area (Å²) in [5.74, 6) is -0.236. The molecule has 5 nitrogen and oxygen atoms in total. The molecule has 6 heteroatoms. The van der Waals surface area contributed by atoms with Crippen molar-refractivity contribution in [1.29, 1.82) is 0 Å². The smallest absolute Gasteiger partial charge is 0.317 e. The number of piperidine rings is 1. The summed E-state index contributed by atoms with van der Waals surface area (Å²) >= 11 is 0. The minimum absolute atomic E-state index is 0.0193. The van der Waals surface area contributed by atoms with Gasteiger partial charge < -0.3 is 20.2 Å². The van der Waals surface area contributed by atoms with Crippen LogP contribution in [0.15, 0.2) is 24.3 Å². The molecule has 122 valence electrons. The highest BCUT2D eigenvalue weighted by Crippen LogP contribution is 2.22. The van der Waals surface area contributed by atoms with Crippen molar-refractivity contribution in [1.82, 2.24) is 10.2 Å². The third-order valence-corrected chi connectivity index (χ3v) is 4.19. The van der Waals surface area contributed by atoms with Crippen LogP contribution in [-0.4, -0.2) is 54.9 Å². The zero-order valence-corrected chi connectivity index (χ0v) is 13.1. The standard InChI is InChI=1S/C16H24FN3O2/c1-12(11-21)19(2)16(22)18-13-6-5-9-20(10-13)15-8-4-3-7-14(15)17/h3-4,7-8,12-13,21H,5-6,9-11H2,1-2H3,(H,18,22). The van der Waals surface area contributed by atoms with Gasteiger partial charge in [-0.05, 0) is 31.9 Å². The fourth-order valence-corrected chi connectivity index (χ4v) is 2.62. The lowest BCUT2D eigenvalue weighted by atomic mass is 10.0. The fourth-order valence-electron chi connectivity index (χ4n) is 2.62. The van der Waals surface area contributed by atoms with Gasteiger partial charge in [-0.3, -0.25) is 0 Å². The molecule has 0 spiro atoms. The molecule has 2 unspecified atom stereocenters. The lowest BCUT2D eigenvalue weighted by Gasteiger charge is -2.36. The topological polar surface area (TPSA) is 55.8 Å². The summed E-state index contributed by atoms with van der Waals surface area (Å²) in [5, 5.41) is 12.1. The number of amides is 2. The van der Waals surface area contributed by atoms with Gasteiger partial charge in [-0.1, -0.05) is 12.1 Å². The predicted octanol–water partition coefficient (Wildman–Crippen LogP) is 1.82. The van der Waals surface area contributed by atoms with E-state index in [0.717, 1.165) is 19.4 Å². The second-order valence-corrected chi connectivity index (χ2v) is 5.83. The van der Waals surface area contributed by atoms with Crippen LogP contribution in [0.3, 0.4) is 0 Å². The summed E-state index contributed by atoms with van der Waals surface area (Å²) in [7, 11) is 1.66. The highest BCUT2D eigenvalue weighted by Gasteiger charge is 2.25. The first kappa shape index (κ1) is 16.5. The number of hydrogen-bond acceptors (Lipinski definition) is 3. The number of anilines is 1. The Morgan fingerprint density at radius 1 is 1.55 bits per heavy atom. The number of halogens is 1. The third-order valence-electron chi connectivity index (χ3n) is 4.19. The number of rotatable bonds is 4. The summed E-state index contributed by atoms with van der Waals surface area (Å²) in [6.45, 7) is 3.09. The molecule has 0 aliphatic carbocycles. The number of aliphatic hydroxyl groups is 1. The van der Waals surface area contributed by atoms with Crippen molar-refractivity contribution in [2.24, 2.45) is 0 Å². The van der Waals surface area contributed by atoms with Gasteiger partial charge in [0, 0.05) is 26.2 Å². The number of para-hydroxylation sites is 1. The number of nitrogens with one attached hydrogen (secondary N) is 1. The van der Waals surface area contributed by atoms with E-state index in [1.165, 1.54) is 11.0 Å². The number of carbonyl (C=O) groups excluding carboxylic acids is 1. The second kappa shape index (κ2) is 7.45. The molecule has 1 aromatic carbocycles. The third kappa shape index (κ3) is 3.88.